The third-order valence-electron chi connectivity index (χ3n) is 5.99. The number of ether oxygens (including phenoxy) is 3. The van der Waals surface area contributed by atoms with Gasteiger partial charge in [-0.1, -0.05) is 41.4 Å². The first-order chi connectivity index (χ1) is 18.2. The molecule has 0 bridgehead atoms. The molecule has 1 atom stereocenters. The number of nitrogens with zero attached hydrogens (tertiary/aromatic N) is 1. The molecule has 0 radical (unpaired) electrons. The molecule has 38 heavy (non-hydrogen) atoms. The lowest BCUT2D eigenvalue weighted by atomic mass is 9.95. The molecule has 1 N–H and O–H groups in total. The summed E-state index contributed by atoms with van der Waals surface area (Å²) < 4.78 is 15.5. The summed E-state index contributed by atoms with van der Waals surface area (Å²) in [7, 11) is 2.91. The number of benzene rings is 3. The zero-order chi connectivity index (χ0) is 27.6. The third-order valence-corrected chi connectivity index (χ3v) is 6.55. The second kappa shape index (κ2) is 11.2. The highest BCUT2D eigenvalue weighted by molar-refractivity contribution is 6.52. The molecule has 8 nitrogen and oxygen atoms in total. The van der Waals surface area contributed by atoms with E-state index in [2.05, 4.69) is 0 Å². The smallest absolute Gasteiger partial charge is 0.338 e. The van der Waals surface area contributed by atoms with E-state index in [1.165, 1.54) is 37.3 Å². The van der Waals surface area contributed by atoms with E-state index in [4.69, 9.17) is 37.4 Å². The molecule has 0 aromatic heterocycles. The molecule has 1 aliphatic heterocycles. The van der Waals surface area contributed by atoms with Crippen molar-refractivity contribution in [3.63, 3.8) is 0 Å². The van der Waals surface area contributed by atoms with Gasteiger partial charge in [0.15, 0.2) is 5.75 Å². The Hall–Kier alpha value is -4.01. The van der Waals surface area contributed by atoms with Gasteiger partial charge in [0.1, 0.15) is 11.5 Å². The van der Waals surface area contributed by atoms with Crippen LogP contribution < -0.4 is 14.4 Å². The SMILES string of the molecule is CCOC(=O)c1cccc(N2C(=O)C(=O)/C(=C(/O)c3cc(Cl)c(OC)c(Cl)c3)C2c2ccc(OC)cc2)c1. The highest BCUT2D eigenvalue weighted by atomic mass is 35.5. The van der Waals surface area contributed by atoms with Gasteiger partial charge < -0.3 is 19.3 Å². The number of ketones is 1. The quantitative estimate of drug-likeness (QED) is 0.170. The Labute approximate surface area is 228 Å². The predicted molar refractivity (Wildman–Crippen MR) is 143 cm³/mol. The summed E-state index contributed by atoms with van der Waals surface area (Å²) >= 11 is 12.5. The average molecular weight is 556 g/mol. The molecule has 0 aliphatic carbocycles. The number of hydrogen-bond donors (Lipinski definition) is 1. The minimum atomic E-state index is -1.04. The number of Topliss-reactive ketones (excluding diaryl/α,β-unsaturated/α-hetero) is 1. The molecular formula is C28H23Cl2NO7. The Bertz CT molecular complexity index is 1430. The fraction of sp³-hybridized carbons (Fsp3) is 0.179. The van der Waals surface area contributed by atoms with Crippen molar-refractivity contribution in [2.45, 2.75) is 13.0 Å². The number of aliphatic hydroxyl groups excluding tert-OH is 1. The van der Waals surface area contributed by atoms with Crippen LogP contribution in [0.25, 0.3) is 5.76 Å². The maximum Gasteiger partial charge on any atom is 0.338 e. The number of esters is 1. The van der Waals surface area contributed by atoms with Crippen molar-refractivity contribution in [2.24, 2.45) is 0 Å². The lowest BCUT2D eigenvalue weighted by Crippen LogP contribution is -2.29. The largest absolute Gasteiger partial charge is 0.507 e. The van der Waals surface area contributed by atoms with Crippen molar-refractivity contribution < 1.29 is 33.7 Å². The van der Waals surface area contributed by atoms with Crippen LogP contribution in [-0.2, 0) is 14.3 Å². The van der Waals surface area contributed by atoms with E-state index in [9.17, 15) is 19.5 Å². The third kappa shape index (κ3) is 4.92. The topological polar surface area (TPSA) is 102 Å². The summed E-state index contributed by atoms with van der Waals surface area (Å²) in [6, 6.07) is 14.6. The molecule has 4 rings (SSSR count). The molecule has 0 spiro atoms. The van der Waals surface area contributed by atoms with Crippen LogP contribution in [0.1, 0.15) is 34.5 Å². The molecule has 1 unspecified atom stereocenters. The van der Waals surface area contributed by atoms with Gasteiger partial charge in [-0.05, 0) is 55.0 Å². The van der Waals surface area contributed by atoms with Gasteiger partial charge in [0.25, 0.3) is 11.7 Å². The van der Waals surface area contributed by atoms with Gasteiger partial charge in [0, 0.05) is 11.3 Å². The van der Waals surface area contributed by atoms with Gasteiger partial charge in [-0.15, -0.1) is 0 Å². The summed E-state index contributed by atoms with van der Waals surface area (Å²) in [5.74, 6) is -2.10. The molecular weight excluding hydrogens is 533 g/mol. The highest BCUT2D eigenvalue weighted by Gasteiger charge is 2.47. The number of anilines is 1. The Morgan fingerprint density at radius 1 is 0.947 bits per heavy atom. The molecule has 3 aromatic rings. The predicted octanol–water partition coefficient (Wildman–Crippen LogP) is 5.81. The zero-order valence-electron chi connectivity index (χ0n) is 20.7. The lowest BCUT2D eigenvalue weighted by molar-refractivity contribution is -0.132. The Morgan fingerprint density at radius 2 is 1.61 bits per heavy atom. The number of carbonyl (C=O) groups is 3. The monoisotopic (exact) mass is 555 g/mol. The van der Waals surface area contributed by atoms with Gasteiger partial charge in [-0.25, -0.2) is 4.79 Å². The van der Waals surface area contributed by atoms with E-state index in [1.807, 2.05) is 0 Å². The van der Waals surface area contributed by atoms with Crippen molar-refractivity contribution in [3.05, 3.63) is 93.0 Å². The average Bonchev–Trinajstić information content (AvgIpc) is 3.18. The molecule has 1 fully saturated rings. The van der Waals surface area contributed by atoms with Crippen LogP contribution in [0.5, 0.6) is 11.5 Å². The Kier molecular flexibility index (Phi) is 7.94. The van der Waals surface area contributed by atoms with Gasteiger partial charge in [0.2, 0.25) is 0 Å². The second-order valence-electron chi connectivity index (χ2n) is 8.19. The fourth-order valence-electron chi connectivity index (χ4n) is 4.24. The minimum Gasteiger partial charge on any atom is -0.507 e. The fourth-order valence-corrected chi connectivity index (χ4v) is 4.89. The molecule has 1 heterocycles. The number of rotatable bonds is 7. The van der Waals surface area contributed by atoms with Crippen molar-refractivity contribution in [1.82, 2.24) is 0 Å². The number of aliphatic hydroxyl groups is 1. The van der Waals surface area contributed by atoms with Crippen LogP contribution in [0.2, 0.25) is 10.0 Å². The number of methoxy groups -OCH3 is 2. The number of halogens is 2. The first-order valence-electron chi connectivity index (χ1n) is 11.5. The van der Waals surface area contributed by atoms with Crippen LogP contribution in [0, 0.1) is 0 Å². The Morgan fingerprint density at radius 3 is 2.18 bits per heavy atom. The van der Waals surface area contributed by atoms with E-state index in [-0.39, 0.29) is 44.8 Å². The summed E-state index contributed by atoms with van der Waals surface area (Å²) in [5, 5.41) is 11.6. The zero-order valence-corrected chi connectivity index (χ0v) is 22.2. The van der Waals surface area contributed by atoms with Crippen molar-refractivity contribution >= 4 is 52.3 Å². The molecule has 1 amide bonds. The molecule has 10 heteroatoms. The number of hydrogen-bond acceptors (Lipinski definition) is 7. The molecule has 3 aromatic carbocycles. The molecule has 196 valence electrons. The lowest BCUT2D eigenvalue weighted by Gasteiger charge is -2.26. The summed E-state index contributed by atoms with van der Waals surface area (Å²) in [6.07, 6.45) is 0. The first kappa shape index (κ1) is 27.0. The van der Waals surface area contributed by atoms with Crippen LogP contribution in [0.3, 0.4) is 0 Å². The maximum absolute atomic E-state index is 13.4. The van der Waals surface area contributed by atoms with E-state index in [1.54, 1.807) is 49.4 Å². The van der Waals surface area contributed by atoms with Crippen LogP contribution >= 0.6 is 23.2 Å². The summed E-state index contributed by atoms with van der Waals surface area (Å²) in [5.41, 5.74) is 0.923. The minimum absolute atomic E-state index is 0.110. The maximum atomic E-state index is 13.4. The highest BCUT2D eigenvalue weighted by Crippen LogP contribution is 2.44. The Balaban J connectivity index is 1.93. The van der Waals surface area contributed by atoms with Gasteiger partial charge in [-0.2, -0.15) is 0 Å². The summed E-state index contributed by atoms with van der Waals surface area (Å²) in [6.45, 7) is 1.86. The second-order valence-corrected chi connectivity index (χ2v) is 9.00. The molecule has 0 saturated carbocycles. The van der Waals surface area contributed by atoms with Crippen LogP contribution in [0.4, 0.5) is 5.69 Å². The van der Waals surface area contributed by atoms with E-state index in [0.717, 1.165) is 0 Å². The van der Waals surface area contributed by atoms with E-state index in [0.29, 0.717) is 11.3 Å². The van der Waals surface area contributed by atoms with Gasteiger partial charge in [0.05, 0.1) is 48.1 Å². The normalized spacial score (nSPS) is 16.4. The number of amides is 1. The standard InChI is InChI=1S/C28H23Cl2NO7/c1-4-38-28(35)16-6-5-7-18(12-16)31-23(15-8-10-19(36-2)11-9-15)22(25(33)27(31)34)24(32)17-13-20(29)26(37-3)21(30)14-17/h5-14,23,32H,4H2,1-3H3/b24-22+. The van der Waals surface area contributed by atoms with Gasteiger partial charge >= 0.3 is 5.97 Å². The van der Waals surface area contributed by atoms with E-state index < -0.39 is 29.5 Å². The molecule has 1 saturated heterocycles. The van der Waals surface area contributed by atoms with Gasteiger partial charge in [-0.3, -0.25) is 14.5 Å². The summed E-state index contributed by atoms with van der Waals surface area (Å²) in [4.78, 5) is 40.4. The van der Waals surface area contributed by atoms with Crippen LogP contribution in [-0.4, -0.2) is 43.6 Å². The van der Waals surface area contributed by atoms with Crippen molar-refractivity contribution in [3.8, 4) is 11.5 Å². The number of carbonyl (C=O) groups excluding carboxylic acids is 3. The van der Waals surface area contributed by atoms with Crippen molar-refractivity contribution in [2.75, 3.05) is 25.7 Å². The van der Waals surface area contributed by atoms with E-state index >= 15 is 0 Å². The van der Waals surface area contributed by atoms with Crippen molar-refractivity contribution in [1.29, 1.82) is 0 Å². The van der Waals surface area contributed by atoms with Crippen LogP contribution in [0.15, 0.2) is 66.2 Å². The first-order valence-corrected chi connectivity index (χ1v) is 12.2. The molecule has 1 aliphatic rings.